The van der Waals surface area contributed by atoms with Gasteiger partial charge in [0.2, 0.25) is 0 Å². The number of aromatic nitrogens is 1. The molecule has 0 aliphatic carbocycles. The third-order valence-corrected chi connectivity index (χ3v) is 3.75. The van der Waals surface area contributed by atoms with Gasteiger partial charge in [-0.05, 0) is 42.5 Å². The summed E-state index contributed by atoms with van der Waals surface area (Å²) in [6.07, 6.45) is 4.01. The van der Waals surface area contributed by atoms with Gasteiger partial charge in [-0.1, -0.05) is 24.3 Å². The largest absolute Gasteiger partial charge is 0.396 e. The molecule has 2 N–H and O–H groups in total. The Hall–Kier alpha value is -2.03. The highest BCUT2D eigenvalue weighted by molar-refractivity contribution is 5.63. The second kappa shape index (κ2) is 4.92. The zero-order valence-corrected chi connectivity index (χ0v) is 11.3. The molecule has 0 bridgehead atoms. The van der Waals surface area contributed by atoms with Crippen molar-refractivity contribution in [1.82, 2.24) is 4.98 Å². The van der Waals surface area contributed by atoms with Crippen LogP contribution in [0.1, 0.15) is 16.7 Å². The van der Waals surface area contributed by atoms with Gasteiger partial charge in [0, 0.05) is 19.3 Å². The highest BCUT2D eigenvalue weighted by Crippen LogP contribution is 2.24. The third kappa shape index (κ3) is 2.41. The van der Waals surface area contributed by atoms with Gasteiger partial charge >= 0.3 is 0 Å². The van der Waals surface area contributed by atoms with Crippen molar-refractivity contribution >= 4 is 11.5 Å². The van der Waals surface area contributed by atoms with Crippen LogP contribution in [-0.4, -0.2) is 18.1 Å². The van der Waals surface area contributed by atoms with Crippen LogP contribution in [0.3, 0.4) is 0 Å². The summed E-state index contributed by atoms with van der Waals surface area (Å²) in [5, 5.41) is 0. The van der Waals surface area contributed by atoms with E-state index in [1.807, 2.05) is 19.2 Å². The van der Waals surface area contributed by atoms with Crippen LogP contribution in [0, 0.1) is 6.92 Å². The molecule has 0 fully saturated rings. The van der Waals surface area contributed by atoms with Gasteiger partial charge in [-0.15, -0.1) is 0 Å². The minimum Gasteiger partial charge on any atom is -0.396 e. The zero-order chi connectivity index (χ0) is 13.2. The van der Waals surface area contributed by atoms with Crippen molar-refractivity contribution in [3.8, 4) is 0 Å². The quantitative estimate of drug-likeness (QED) is 0.849. The lowest BCUT2D eigenvalue weighted by Gasteiger charge is -2.23. The maximum absolute atomic E-state index is 6.10. The Balaban J connectivity index is 1.85. The summed E-state index contributed by atoms with van der Waals surface area (Å²) in [5.41, 5.74) is 10.9. The van der Waals surface area contributed by atoms with Crippen LogP contribution in [-0.2, 0) is 12.8 Å². The summed E-state index contributed by atoms with van der Waals surface area (Å²) < 4.78 is 0. The van der Waals surface area contributed by atoms with E-state index in [1.165, 1.54) is 11.1 Å². The summed E-state index contributed by atoms with van der Waals surface area (Å²) >= 11 is 0. The maximum atomic E-state index is 6.10. The second-order valence-corrected chi connectivity index (χ2v) is 5.18. The molecule has 0 spiro atoms. The van der Waals surface area contributed by atoms with Gasteiger partial charge in [0.15, 0.2) is 5.82 Å². The predicted octanol–water partition coefficient (Wildman–Crippen LogP) is 2.58. The molecule has 3 rings (SSSR count). The zero-order valence-electron chi connectivity index (χ0n) is 11.3. The number of hydrogen-bond donors (Lipinski definition) is 1. The lowest BCUT2D eigenvalue weighted by atomic mass is 10.0. The van der Waals surface area contributed by atoms with Gasteiger partial charge in [-0.25, -0.2) is 4.98 Å². The van der Waals surface area contributed by atoms with E-state index in [0.29, 0.717) is 0 Å². The molecule has 1 aliphatic heterocycles. The van der Waals surface area contributed by atoms with E-state index in [-0.39, 0.29) is 0 Å². The van der Waals surface area contributed by atoms with E-state index >= 15 is 0 Å². The van der Waals surface area contributed by atoms with Crippen molar-refractivity contribution in [2.75, 3.05) is 23.7 Å². The topological polar surface area (TPSA) is 42.2 Å². The SMILES string of the molecule is Cc1cnc(N2CCc3ccccc3CC2)c(N)c1. The lowest BCUT2D eigenvalue weighted by molar-refractivity contribution is 0.792. The van der Waals surface area contributed by atoms with Crippen LogP contribution in [0.25, 0.3) is 0 Å². The molecule has 1 aromatic heterocycles. The maximum Gasteiger partial charge on any atom is 0.151 e. The Kier molecular flexibility index (Phi) is 3.11. The summed E-state index contributed by atoms with van der Waals surface area (Å²) in [5.74, 6) is 0.929. The number of nitrogens with zero attached hydrogens (tertiary/aromatic N) is 2. The van der Waals surface area contributed by atoms with Crippen LogP contribution in [0.2, 0.25) is 0 Å². The first-order chi connectivity index (χ1) is 9.24. The van der Waals surface area contributed by atoms with Crippen molar-refractivity contribution < 1.29 is 0 Å². The van der Waals surface area contributed by atoms with Crippen molar-refractivity contribution in [3.05, 3.63) is 53.2 Å². The molecule has 3 heteroatoms. The number of pyridine rings is 1. The lowest BCUT2D eigenvalue weighted by Crippen LogP contribution is -2.27. The number of benzene rings is 1. The molecule has 0 atom stereocenters. The van der Waals surface area contributed by atoms with Gasteiger partial charge in [0.05, 0.1) is 5.69 Å². The Morgan fingerprint density at radius 2 is 1.74 bits per heavy atom. The molecule has 0 saturated carbocycles. The molecule has 2 heterocycles. The molecule has 0 unspecified atom stereocenters. The molecule has 1 aliphatic rings. The number of hydrogen-bond acceptors (Lipinski definition) is 3. The molecule has 0 saturated heterocycles. The molecular formula is C16H19N3. The fourth-order valence-corrected chi connectivity index (χ4v) is 2.73. The molecule has 1 aromatic carbocycles. The van der Waals surface area contributed by atoms with Crippen LogP contribution in [0.4, 0.5) is 11.5 Å². The van der Waals surface area contributed by atoms with Gasteiger partial charge in [-0.2, -0.15) is 0 Å². The van der Waals surface area contributed by atoms with Crippen LogP contribution >= 0.6 is 0 Å². The summed E-state index contributed by atoms with van der Waals surface area (Å²) in [6, 6.07) is 10.7. The first-order valence-corrected chi connectivity index (χ1v) is 6.78. The molecule has 19 heavy (non-hydrogen) atoms. The monoisotopic (exact) mass is 253 g/mol. The minimum absolute atomic E-state index is 0.783. The fraction of sp³-hybridized carbons (Fsp3) is 0.312. The molecule has 98 valence electrons. The molecule has 3 nitrogen and oxygen atoms in total. The van der Waals surface area contributed by atoms with Gasteiger partial charge in [-0.3, -0.25) is 0 Å². The van der Waals surface area contributed by atoms with Crippen LogP contribution < -0.4 is 10.6 Å². The summed E-state index contributed by atoms with van der Waals surface area (Å²) in [7, 11) is 0. The Labute approximate surface area is 114 Å². The number of anilines is 2. The number of nitrogen functional groups attached to an aromatic ring is 1. The van der Waals surface area contributed by atoms with E-state index in [4.69, 9.17) is 5.73 Å². The first-order valence-electron chi connectivity index (χ1n) is 6.78. The average Bonchev–Trinajstić information content (AvgIpc) is 2.62. The minimum atomic E-state index is 0.783. The van der Waals surface area contributed by atoms with E-state index in [9.17, 15) is 0 Å². The normalized spacial score (nSPS) is 14.9. The Bertz CT molecular complexity index is 565. The number of nitrogens with two attached hydrogens (primary N) is 1. The van der Waals surface area contributed by atoms with Crippen molar-refractivity contribution in [3.63, 3.8) is 0 Å². The molecule has 0 amide bonds. The summed E-state index contributed by atoms with van der Waals surface area (Å²) in [6.45, 7) is 3.99. The van der Waals surface area contributed by atoms with Gasteiger partial charge in [0.25, 0.3) is 0 Å². The molecular weight excluding hydrogens is 234 g/mol. The number of fused-ring (bicyclic) bond motifs is 1. The Morgan fingerprint density at radius 3 is 2.32 bits per heavy atom. The van der Waals surface area contributed by atoms with Crippen LogP contribution in [0.5, 0.6) is 0 Å². The predicted molar refractivity (Wildman–Crippen MR) is 79.4 cm³/mol. The number of aryl methyl sites for hydroxylation is 1. The first kappa shape index (κ1) is 12.0. The standard InChI is InChI=1S/C16H19N3/c1-12-10-15(17)16(18-11-12)19-8-6-13-4-2-3-5-14(13)7-9-19/h2-5,10-11H,6-9,17H2,1H3. The smallest absolute Gasteiger partial charge is 0.151 e. The Morgan fingerprint density at radius 1 is 1.11 bits per heavy atom. The average molecular weight is 253 g/mol. The summed E-state index contributed by atoms with van der Waals surface area (Å²) in [4.78, 5) is 6.81. The van der Waals surface area contributed by atoms with Crippen molar-refractivity contribution in [1.29, 1.82) is 0 Å². The third-order valence-electron chi connectivity index (χ3n) is 3.75. The van der Waals surface area contributed by atoms with E-state index in [2.05, 4.69) is 34.1 Å². The molecule has 0 radical (unpaired) electrons. The van der Waals surface area contributed by atoms with E-state index in [1.54, 1.807) is 0 Å². The van der Waals surface area contributed by atoms with Crippen LogP contribution in [0.15, 0.2) is 36.5 Å². The van der Waals surface area contributed by atoms with E-state index in [0.717, 1.165) is 43.0 Å². The highest BCUT2D eigenvalue weighted by Gasteiger charge is 2.16. The van der Waals surface area contributed by atoms with E-state index < -0.39 is 0 Å². The van der Waals surface area contributed by atoms with Gasteiger partial charge in [0.1, 0.15) is 0 Å². The number of rotatable bonds is 1. The molecule has 2 aromatic rings. The van der Waals surface area contributed by atoms with Crippen molar-refractivity contribution in [2.45, 2.75) is 19.8 Å². The fourth-order valence-electron chi connectivity index (χ4n) is 2.73. The highest BCUT2D eigenvalue weighted by atomic mass is 15.2. The van der Waals surface area contributed by atoms with Gasteiger partial charge < -0.3 is 10.6 Å². The van der Waals surface area contributed by atoms with Crippen molar-refractivity contribution in [2.24, 2.45) is 0 Å². The second-order valence-electron chi connectivity index (χ2n) is 5.18.